The molecule has 36 heavy (non-hydrogen) atoms. The Bertz CT molecular complexity index is 1080. The Balaban J connectivity index is 1.12. The molecule has 8 heteroatoms. The second-order valence-electron chi connectivity index (χ2n) is 12.4. The summed E-state index contributed by atoms with van der Waals surface area (Å²) in [6.45, 7) is 9.86. The van der Waals surface area contributed by atoms with Gasteiger partial charge in [0.1, 0.15) is 11.6 Å². The minimum atomic E-state index is -0.700. The second-order valence-corrected chi connectivity index (χ2v) is 12.7. The van der Waals surface area contributed by atoms with Crippen LogP contribution < -0.4 is 4.74 Å². The first kappa shape index (κ1) is 24.4. The highest BCUT2D eigenvalue weighted by Crippen LogP contribution is 2.54. The van der Waals surface area contributed by atoms with Gasteiger partial charge in [-0.25, -0.2) is 0 Å². The lowest BCUT2D eigenvalue weighted by Crippen LogP contribution is -2.61. The first-order chi connectivity index (χ1) is 17.2. The fourth-order valence-corrected chi connectivity index (χ4v) is 6.58. The fraction of sp³-hybridized carbons (Fsp3) is 0.714. The summed E-state index contributed by atoms with van der Waals surface area (Å²) in [5, 5.41) is 14.8. The molecule has 6 rings (SSSR count). The van der Waals surface area contributed by atoms with Crippen LogP contribution in [0.25, 0.3) is 0 Å². The largest absolute Gasteiger partial charge is 0.489 e. The van der Waals surface area contributed by atoms with Crippen LogP contribution in [0.1, 0.15) is 94.2 Å². The predicted octanol–water partition coefficient (Wildman–Crippen LogP) is 5.36. The van der Waals surface area contributed by atoms with Gasteiger partial charge in [-0.2, -0.15) is 0 Å². The zero-order valence-corrected chi connectivity index (χ0v) is 22.4. The molecular weight excluding hydrogens is 478 g/mol. The molecule has 0 bridgehead atoms. The van der Waals surface area contributed by atoms with E-state index < -0.39 is 11.4 Å². The Labute approximate surface area is 218 Å². The molecule has 1 aromatic carbocycles. The van der Waals surface area contributed by atoms with E-state index in [-0.39, 0.29) is 11.7 Å². The molecule has 0 radical (unpaired) electrons. The van der Waals surface area contributed by atoms with Gasteiger partial charge in [0.25, 0.3) is 0 Å². The number of piperidine rings is 1. The maximum absolute atomic E-state index is 11.6. The minimum Gasteiger partial charge on any atom is -0.489 e. The van der Waals surface area contributed by atoms with Crippen molar-refractivity contribution in [3.63, 3.8) is 0 Å². The third kappa shape index (κ3) is 4.47. The topological polar surface area (TPSA) is 74.6 Å². The lowest BCUT2D eigenvalue weighted by molar-refractivity contribution is -0.150. The summed E-state index contributed by atoms with van der Waals surface area (Å²) in [6.07, 6.45) is 7.15. The van der Waals surface area contributed by atoms with Gasteiger partial charge in [-0.15, -0.1) is 0 Å². The van der Waals surface area contributed by atoms with Crippen LogP contribution in [0.4, 0.5) is 0 Å². The predicted molar refractivity (Wildman–Crippen MR) is 139 cm³/mol. The number of hydrogen-bond donors (Lipinski definition) is 1. The van der Waals surface area contributed by atoms with E-state index in [9.17, 15) is 9.90 Å². The summed E-state index contributed by atoms with van der Waals surface area (Å²) >= 11 is 7.05. The number of likely N-dealkylation sites (tertiary alicyclic amines) is 2. The summed E-state index contributed by atoms with van der Waals surface area (Å²) < 4.78 is 6.31. The highest BCUT2D eigenvalue weighted by atomic mass is 35.5. The molecule has 2 aliphatic carbocycles. The Kier molecular flexibility index (Phi) is 5.95. The molecule has 7 nitrogen and oxygen atoms in total. The minimum absolute atomic E-state index is 0.0736. The number of aliphatic carboxylic acids is 1. The van der Waals surface area contributed by atoms with Crippen LogP contribution in [-0.2, 0) is 16.2 Å². The van der Waals surface area contributed by atoms with Gasteiger partial charge in [0.15, 0.2) is 5.60 Å². The van der Waals surface area contributed by atoms with E-state index >= 15 is 0 Å². The molecule has 1 aromatic rings. The lowest BCUT2D eigenvalue weighted by atomic mass is 9.80. The molecular formula is C28H38ClN3O4. The Morgan fingerprint density at radius 1 is 1.22 bits per heavy atom. The number of hydrogen-bond acceptors (Lipinski definition) is 6. The van der Waals surface area contributed by atoms with Gasteiger partial charge in [-0.3, -0.25) is 9.69 Å². The first-order valence-corrected chi connectivity index (χ1v) is 14.0. The van der Waals surface area contributed by atoms with E-state index in [1.807, 2.05) is 6.92 Å². The van der Waals surface area contributed by atoms with E-state index in [2.05, 4.69) is 34.9 Å². The highest BCUT2D eigenvalue weighted by molar-refractivity contribution is 6.33. The Morgan fingerprint density at radius 2 is 1.89 bits per heavy atom. The second kappa shape index (κ2) is 8.80. The number of oxime groups is 1. The van der Waals surface area contributed by atoms with Crippen LogP contribution in [0, 0.1) is 5.41 Å². The van der Waals surface area contributed by atoms with E-state index in [1.54, 1.807) is 0 Å². The molecule has 0 unspecified atom stereocenters. The van der Waals surface area contributed by atoms with Gasteiger partial charge < -0.3 is 19.6 Å². The number of carboxylic acid groups (broad SMARTS) is 1. The van der Waals surface area contributed by atoms with E-state index in [4.69, 9.17) is 21.2 Å². The van der Waals surface area contributed by atoms with Crippen molar-refractivity contribution >= 4 is 23.4 Å². The SMILES string of the molecule is CC(C)Oc1c(CN2CC3(CC(N4CCC(C)(C(=O)O)CC4)=NO3)C2)cc(C2CC2)c(C2CC2)c1Cl. The van der Waals surface area contributed by atoms with E-state index in [1.165, 1.54) is 42.4 Å². The number of benzene rings is 1. The van der Waals surface area contributed by atoms with Gasteiger partial charge in [0.2, 0.25) is 0 Å². The van der Waals surface area contributed by atoms with Crippen molar-refractivity contribution in [1.29, 1.82) is 0 Å². The van der Waals surface area contributed by atoms with Gasteiger partial charge >= 0.3 is 5.97 Å². The monoisotopic (exact) mass is 515 g/mol. The van der Waals surface area contributed by atoms with Gasteiger partial charge in [0.05, 0.1) is 23.0 Å². The first-order valence-electron chi connectivity index (χ1n) is 13.6. The molecule has 4 fully saturated rings. The molecule has 0 aromatic heterocycles. The standard InChI is InChI=1S/C28H38ClN3O4/c1-17(2)35-25-20(12-21(18-4-5-18)23(24(25)29)19-6-7-19)14-31-15-28(16-31)13-22(30-36-28)32-10-8-27(3,9-11-32)26(33)34/h12,17-19H,4-11,13-16H2,1-3H3,(H,33,34). The van der Waals surface area contributed by atoms with E-state index in [0.717, 1.165) is 55.8 Å². The summed E-state index contributed by atoms with van der Waals surface area (Å²) in [7, 11) is 0. The van der Waals surface area contributed by atoms with Crippen LogP contribution in [0.15, 0.2) is 11.2 Å². The molecule has 1 spiro atoms. The van der Waals surface area contributed by atoms with Crippen molar-refractivity contribution in [1.82, 2.24) is 9.80 Å². The average molecular weight is 516 g/mol. The number of ether oxygens (including phenoxy) is 1. The van der Waals surface area contributed by atoms with Crippen LogP contribution >= 0.6 is 11.6 Å². The smallest absolute Gasteiger partial charge is 0.309 e. The third-order valence-corrected chi connectivity index (χ3v) is 9.09. The fourth-order valence-electron chi connectivity index (χ4n) is 6.16. The molecule has 196 valence electrons. The molecule has 2 saturated carbocycles. The molecule has 0 atom stereocenters. The van der Waals surface area contributed by atoms with Gasteiger partial charge in [0, 0.05) is 38.3 Å². The number of nitrogens with zero attached hydrogens (tertiary/aromatic N) is 3. The molecule has 3 aliphatic heterocycles. The maximum Gasteiger partial charge on any atom is 0.309 e. The maximum atomic E-state index is 11.6. The number of amidine groups is 1. The molecule has 0 amide bonds. The molecule has 2 saturated heterocycles. The zero-order chi connectivity index (χ0) is 25.2. The summed E-state index contributed by atoms with van der Waals surface area (Å²) in [6, 6.07) is 2.39. The Hall–Kier alpha value is -1.99. The van der Waals surface area contributed by atoms with Crippen molar-refractivity contribution in [2.75, 3.05) is 26.2 Å². The van der Waals surface area contributed by atoms with Gasteiger partial charge in [-0.05, 0) is 82.3 Å². The quantitative estimate of drug-likeness (QED) is 0.527. The zero-order valence-electron chi connectivity index (χ0n) is 21.7. The summed E-state index contributed by atoms with van der Waals surface area (Å²) in [5.41, 5.74) is 3.12. The lowest BCUT2D eigenvalue weighted by Gasteiger charge is -2.46. The molecule has 3 heterocycles. The number of halogens is 1. The van der Waals surface area contributed by atoms with Crippen LogP contribution in [0.5, 0.6) is 5.75 Å². The van der Waals surface area contributed by atoms with Crippen LogP contribution in [-0.4, -0.2) is 64.6 Å². The number of rotatable bonds is 7. The van der Waals surface area contributed by atoms with Crippen molar-refractivity contribution < 1.29 is 19.5 Å². The average Bonchev–Trinajstić information content (AvgIpc) is 3.73. The van der Waals surface area contributed by atoms with Crippen molar-refractivity contribution in [3.05, 3.63) is 27.8 Å². The number of carboxylic acids is 1. The third-order valence-electron chi connectivity index (χ3n) is 8.72. The van der Waals surface area contributed by atoms with Crippen LogP contribution in [0.2, 0.25) is 5.02 Å². The van der Waals surface area contributed by atoms with Gasteiger partial charge in [-0.1, -0.05) is 22.8 Å². The number of carbonyl (C=O) groups is 1. The summed E-state index contributed by atoms with van der Waals surface area (Å²) in [5.74, 6) is 2.41. The van der Waals surface area contributed by atoms with Crippen molar-refractivity contribution in [3.8, 4) is 5.75 Å². The molecule has 1 N–H and O–H groups in total. The molecule has 5 aliphatic rings. The highest BCUT2D eigenvalue weighted by Gasteiger charge is 2.51. The van der Waals surface area contributed by atoms with E-state index in [0.29, 0.717) is 24.7 Å². The van der Waals surface area contributed by atoms with Crippen LogP contribution in [0.3, 0.4) is 0 Å². The normalized spacial score (nSPS) is 25.0. The summed E-state index contributed by atoms with van der Waals surface area (Å²) in [4.78, 5) is 22.2. The Morgan fingerprint density at radius 3 is 2.47 bits per heavy atom. The van der Waals surface area contributed by atoms with Crippen molar-refractivity contribution in [2.24, 2.45) is 10.6 Å². The van der Waals surface area contributed by atoms with Crippen molar-refractivity contribution in [2.45, 2.75) is 95.8 Å².